The Morgan fingerprint density at radius 3 is 2.37 bits per heavy atom. The maximum absolute atomic E-state index is 5.78. The van der Waals surface area contributed by atoms with Crippen molar-refractivity contribution < 1.29 is 18.9 Å². The van der Waals surface area contributed by atoms with Gasteiger partial charge in [0.2, 0.25) is 0 Å². The summed E-state index contributed by atoms with van der Waals surface area (Å²) in [6, 6.07) is 8.01. The van der Waals surface area contributed by atoms with E-state index in [1.807, 2.05) is 18.2 Å². The molecule has 3 saturated heterocycles. The van der Waals surface area contributed by atoms with E-state index >= 15 is 0 Å². The lowest BCUT2D eigenvalue weighted by atomic mass is 9.91. The fourth-order valence-corrected chi connectivity index (χ4v) is 2.52. The van der Waals surface area contributed by atoms with Gasteiger partial charge in [-0.25, -0.2) is 0 Å². The van der Waals surface area contributed by atoms with Gasteiger partial charge in [-0.2, -0.15) is 0 Å². The van der Waals surface area contributed by atoms with Gasteiger partial charge >= 0.3 is 0 Å². The largest absolute Gasteiger partial charge is 0.496 e. The Labute approximate surface area is 113 Å². The molecule has 0 amide bonds. The summed E-state index contributed by atoms with van der Waals surface area (Å²) in [5.41, 5.74) is 1.17. The van der Waals surface area contributed by atoms with Gasteiger partial charge in [0.15, 0.2) is 0 Å². The molecule has 0 spiro atoms. The van der Waals surface area contributed by atoms with E-state index < -0.39 is 5.97 Å². The van der Waals surface area contributed by atoms with Gasteiger partial charge in [-0.05, 0) is 18.1 Å². The number of hydrogen-bond donors (Lipinski definition) is 0. The van der Waals surface area contributed by atoms with Gasteiger partial charge in [0.05, 0.1) is 26.9 Å². The molecule has 1 aromatic rings. The Morgan fingerprint density at radius 1 is 1.11 bits per heavy atom. The third-order valence-corrected chi connectivity index (χ3v) is 3.81. The number of benzene rings is 1. The Bertz CT molecular complexity index is 433. The molecular weight excluding hydrogens is 244 g/mol. The minimum absolute atomic E-state index is 0.0200. The predicted molar refractivity (Wildman–Crippen MR) is 70.0 cm³/mol. The lowest BCUT2D eigenvalue weighted by Gasteiger charge is -2.50. The maximum Gasteiger partial charge on any atom is 0.283 e. The average Bonchev–Trinajstić information content (AvgIpc) is 2.47. The van der Waals surface area contributed by atoms with Crippen LogP contribution in [0.4, 0.5) is 0 Å². The number of hydrogen-bond acceptors (Lipinski definition) is 4. The minimum Gasteiger partial charge on any atom is -0.496 e. The second-order valence-electron chi connectivity index (χ2n) is 5.67. The third kappa shape index (κ3) is 2.48. The van der Waals surface area contributed by atoms with Crippen LogP contribution in [0.3, 0.4) is 0 Å². The van der Waals surface area contributed by atoms with Crippen molar-refractivity contribution in [2.45, 2.75) is 25.7 Å². The first kappa shape index (κ1) is 12.9. The highest BCUT2D eigenvalue weighted by Crippen LogP contribution is 2.40. The standard InChI is InChI=1S/C15H20O4/c1-14-9-17-15(18-10-14,19-11-14)8-7-12-5-3-4-6-13(12)16-2/h3-6H,7-11H2,1-2H3. The molecule has 3 aliphatic rings. The summed E-state index contributed by atoms with van der Waals surface area (Å²) in [5, 5.41) is 0. The summed E-state index contributed by atoms with van der Waals surface area (Å²) in [6.07, 6.45) is 1.49. The fourth-order valence-electron chi connectivity index (χ4n) is 2.52. The third-order valence-electron chi connectivity index (χ3n) is 3.81. The van der Waals surface area contributed by atoms with Gasteiger partial charge < -0.3 is 18.9 Å². The average molecular weight is 264 g/mol. The number of fused-ring (bicyclic) bond motifs is 3. The van der Waals surface area contributed by atoms with Crippen molar-refractivity contribution in [3.8, 4) is 5.75 Å². The van der Waals surface area contributed by atoms with Crippen molar-refractivity contribution in [2.24, 2.45) is 5.41 Å². The van der Waals surface area contributed by atoms with E-state index in [0.29, 0.717) is 26.2 Å². The molecule has 3 aliphatic heterocycles. The lowest BCUT2D eigenvalue weighted by Crippen LogP contribution is -2.59. The SMILES string of the molecule is COc1ccccc1CCC12OCC(C)(CO1)CO2. The molecule has 0 aromatic heterocycles. The van der Waals surface area contributed by atoms with E-state index in [1.165, 1.54) is 0 Å². The molecular formula is C15H20O4. The van der Waals surface area contributed by atoms with E-state index in [-0.39, 0.29) is 5.41 Å². The van der Waals surface area contributed by atoms with Crippen molar-refractivity contribution >= 4 is 0 Å². The van der Waals surface area contributed by atoms with Crippen LogP contribution in [0, 0.1) is 5.41 Å². The fraction of sp³-hybridized carbons (Fsp3) is 0.600. The molecule has 0 N–H and O–H groups in total. The molecule has 3 heterocycles. The van der Waals surface area contributed by atoms with Crippen LogP contribution in [-0.4, -0.2) is 32.9 Å². The van der Waals surface area contributed by atoms with Gasteiger partial charge in [-0.1, -0.05) is 25.1 Å². The molecule has 0 radical (unpaired) electrons. The van der Waals surface area contributed by atoms with E-state index in [4.69, 9.17) is 18.9 Å². The van der Waals surface area contributed by atoms with E-state index in [0.717, 1.165) is 17.7 Å². The highest BCUT2D eigenvalue weighted by molar-refractivity contribution is 5.33. The first-order valence-corrected chi connectivity index (χ1v) is 6.69. The van der Waals surface area contributed by atoms with Gasteiger partial charge in [0.1, 0.15) is 5.75 Å². The topological polar surface area (TPSA) is 36.9 Å². The zero-order chi connectivity index (χ0) is 13.3. The zero-order valence-electron chi connectivity index (χ0n) is 11.5. The highest BCUT2D eigenvalue weighted by atomic mass is 16.9. The summed E-state index contributed by atoms with van der Waals surface area (Å²) in [4.78, 5) is 0. The van der Waals surface area contributed by atoms with Crippen molar-refractivity contribution in [3.05, 3.63) is 29.8 Å². The molecule has 0 aliphatic carbocycles. The molecule has 0 saturated carbocycles. The van der Waals surface area contributed by atoms with Crippen molar-refractivity contribution in [1.29, 1.82) is 0 Å². The van der Waals surface area contributed by atoms with Crippen LogP contribution in [0.5, 0.6) is 5.75 Å². The van der Waals surface area contributed by atoms with E-state index in [2.05, 4.69) is 13.0 Å². The van der Waals surface area contributed by atoms with Crippen LogP contribution >= 0.6 is 0 Å². The van der Waals surface area contributed by atoms with Crippen LogP contribution in [-0.2, 0) is 20.6 Å². The van der Waals surface area contributed by atoms with Crippen LogP contribution in [0.1, 0.15) is 18.9 Å². The number of ether oxygens (including phenoxy) is 4. The minimum atomic E-state index is -0.849. The smallest absolute Gasteiger partial charge is 0.283 e. The first-order chi connectivity index (χ1) is 9.15. The highest BCUT2D eigenvalue weighted by Gasteiger charge is 2.49. The van der Waals surface area contributed by atoms with Gasteiger partial charge in [-0.15, -0.1) is 0 Å². The van der Waals surface area contributed by atoms with Crippen molar-refractivity contribution in [2.75, 3.05) is 26.9 Å². The molecule has 19 heavy (non-hydrogen) atoms. The van der Waals surface area contributed by atoms with E-state index in [1.54, 1.807) is 7.11 Å². The van der Waals surface area contributed by atoms with Crippen LogP contribution in [0.25, 0.3) is 0 Å². The summed E-state index contributed by atoms with van der Waals surface area (Å²) in [5.74, 6) is 0.0499. The molecule has 4 heteroatoms. The maximum atomic E-state index is 5.78. The monoisotopic (exact) mass is 264 g/mol. The van der Waals surface area contributed by atoms with Gasteiger partial charge in [0.25, 0.3) is 5.97 Å². The second-order valence-corrected chi connectivity index (χ2v) is 5.67. The Hall–Kier alpha value is -1.10. The van der Waals surface area contributed by atoms with E-state index in [9.17, 15) is 0 Å². The van der Waals surface area contributed by atoms with Crippen LogP contribution in [0.15, 0.2) is 24.3 Å². The number of para-hydroxylation sites is 1. The summed E-state index contributed by atoms with van der Waals surface area (Å²) >= 11 is 0. The molecule has 4 nitrogen and oxygen atoms in total. The van der Waals surface area contributed by atoms with Crippen LogP contribution in [0.2, 0.25) is 0 Å². The van der Waals surface area contributed by atoms with Gasteiger partial charge in [-0.3, -0.25) is 0 Å². The zero-order valence-corrected chi connectivity index (χ0v) is 11.5. The Kier molecular flexibility index (Phi) is 3.25. The molecule has 4 rings (SSSR count). The van der Waals surface area contributed by atoms with Gasteiger partial charge in [0, 0.05) is 11.8 Å². The Morgan fingerprint density at radius 2 is 1.74 bits per heavy atom. The molecule has 2 bridgehead atoms. The number of rotatable bonds is 4. The summed E-state index contributed by atoms with van der Waals surface area (Å²) < 4.78 is 22.7. The lowest BCUT2D eigenvalue weighted by molar-refractivity contribution is -0.467. The van der Waals surface area contributed by atoms with Crippen molar-refractivity contribution in [3.63, 3.8) is 0 Å². The molecule has 3 fully saturated rings. The van der Waals surface area contributed by atoms with Crippen LogP contribution < -0.4 is 4.74 Å². The molecule has 1 aromatic carbocycles. The predicted octanol–water partition coefficient (Wildman–Crippen LogP) is 2.36. The normalized spacial score (nSPS) is 33.4. The molecule has 0 unspecified atom stereocenters. The van der Waals surface area contributed by atoms with Crippen molar-refractivity contribution in [1.82, 2.24) is 0 Å². The number of methoxy groups -OCH3 is 1. The first-order valence-electron chi connectivity index (χ1n) is 6.69. The number of aryl methyl sites for hydroxylation is 1. The molecule has 0 atom stereocenters. The second kappa shape index (κ2) is 4.78. The summed E-state index contributed by atoms with van der Waals surface area (Å²) in [7, 11) is 1.69. The summed E-state index contributed by atoms with van der Waals surface area (Å²) in [6.45, 7) is 4.24. The Balaban J connectivity index is 1.66. The molecule has 104 valence electrons. The quantitative estimate of drug-likeness (QED) is 0.836.